The van der Waals surface area contributed by atoms with Gasteiger partial charge in [-0.1, -0.05) is 133 Å². The molecule has 0 spiro atoms. The lowest BCUT2D eigenvalue weighted by Crippen LogP contribution is -2.00. The van der Waals surface area contributed by atoms with Crippen LogP contribution in [0.5, 0.6) is 0 Å². The molecule has 7 aromatic carbocycles. The molecule has 3 heterocycles. The third-order valence-corrected chi connectivity index (χ3v) is 9.41. The molecule has 10 aromatic rings. The minimum Gasteiger partial charge on any atom is -0.456 e. The van der Waals surface area contributed by atoms with Gasteiger partial charge >= 0.3 is 0 Å². The molecule has 52 heavy (non-hydrogen) atoms. The minimum atomic E-state index is 0.548. The molecule has 0 atom stereocenters. The van der Waals surface area contributed by atoms with Gasteiger partial charge in [-0.2, -0.15) is 0 Å². The van der Waals surface area contributed by atoms with E-state index in [0.29, 0.717) is 23.4 Å². The van der Waals surface area contributed by atoms with Crippen molar-refractivity contribution in [3.05, 3.63) is 170 Å². The number of benzene rings is 7. The Hall–Kier alpha value is -7.18. The van der Waals surface area contributed by atoms with Gasteiger partial charge in [0.15, 0.2) is 23.1 Å². The molecule has 6 heteroatoms. The molecule has 0 amide bonds. The molecule has 0 saturated carbocycles. The summed E-state index contributed by atoms with van der Waals surface area (Å²) >= 11 is 0. The number of para-hydroxylation sites is 2. The van der Waals surface area contributed by atoms with E-state index in [1.165, 1.54) is 0 Å². The molecule has 10 rings (SSSR count). The number of furan rings is 1. The Kier molecular flexibility index (Phi) is 7.03. The van der Waals surface area contributed by atoms with E-state index < -0.39 is 0 Å². The zero-order chi connectivity index (χ0) is 34.4. The van der Waals surface area contributed by atoms with E-state index in [1.807, 2.05) is 91.0 Å². The predicted molar refractivity (Wildman–Crippen MR) is 207 cm³/mol. The summed E-state index contributed by atoms with van der Waals surface area (Å²) in [7, 11) is 0. The Morgan fingerprint density at radius 1 is 0.327 bits per heavy atom. The molecule has 0 fully saturated rings. The largest absolute Gasteiger partial charge is 0.456 e. The van der Waals surface area contributed by atoms with Gasteiger partial charge < -0.3 is 8.83 Å². The maximum atomic E-state index is 6.45. The van der Waals surface area contributed by atoms with Crippen LogP contribution in [-0.2, 0) is 0 Å². The quantitative estimate of drug-likeness (QED) is 0.175. The van der Waals surface area contributed by atoms with E-state index in [-0.39, 0.29) is 0 Å². The normalized spacial score (nSPS) is 11.5. The summed E-state index contributed by atoms with van der Waals surface area (Å²) in [6.07, 6.45) is 0. The summed E-state index contributed by atoms with van der Waals surface area (Å²) < 4.78 is 12.5. The number of oxazole rings is 1. The third kappa shape index (κ3) is 5.30. The Labute approximate surface area is 298 Å². The standard InChI is InChI=1S/C46H28N4O2/c1-3-10-29(11-4-1)31-18-22-33(23-19-31)43-48-44(34-24-20-32(21-25-34)30-12-5-2-6-13-30)50-45(49-43)37-14-9-17-40-42(37)36-27-26-35(28-41(36)51-40)46-47-38-15-7-8-16-39(38)52-46/h1-28H. The van der Waals surface area contributed by atoms with Crippen molar-refractivity contribution >= 4 is 33.0 Å². The lowest BCUT2D eigenvalue weighted by molar-refractivity contribution is 0.619. The van der Waals surface area contributed by atoms with Crippen LogP contribution in [0.25, 0.3) is 101 Å². The summed E-state index contributed by atoms with van der Waals surface area (Å²) in [4.78, 5) is 19.9. The Balaban J connectivity index is 1.11. The zero-order valence-electron chi connectivity index (χ0n) is 27.8. The second-order valence-corrected chi connectivity index (χ2v) is 12.7. The first-order valence-corrected chi connectivity index (χ1v) is 17.1. The number of fused-ring (bicyclic) bond motifs is 4. The van der Waals surface area contributed by atoms with E-state index in [2.05, 4.69) is 78.9 Å². The fourth-order valence-corrected chi connectivity index (χ4v) is 6.78. The van der Waals surface area contributed by atoms with Gasteiger partial charge in [0.1, 0.15) is 16.7 Å². The highest BCUT2D eigenvalue weighted by atomic mass is 16.3. The molecule has 0 N–H and O–H groups in total. The van der Waals surface area contributed by atoms with Crippen LogP contribution in [0, 0.1) is 0 Å². The van der Waals surface area contributed by atoms with Crippen LogP contribution in [0.15, 0.2) is 179 Å². The highest BCUT2D eigenvalue weighted by molar-refractivity contribution is 6.12. The van der Waals surface area contributed by atoms with Gasteiger partial charge in [-0.25, -0.2) is 19.9 Å². The van der Waals surface area contributed by atoms with Crippen molar-refractivity contribution in [2.24, 2.45) is 0 Å². The molecule has 0 aliphatic rings. The lowest BCUT2D eigenvalue weighted by atomic mass is 10.0. The molecule has 3 aromatic heterocycles. The van der Waals surface area contributed by atoms with Crippen molar-refractivity contribution in [2.75, 3.05) is 0 Å². The smallest absolute Gasteiger partial charge is 0.227 e. The molecule has 0 unspecified atom stereocenters. The van der Waals surface area contributed by atoms with E-state index >= 15 is 0 Å². The van der Waals surface area contributed by atoms with E-state index in [0.717, 1.165) is 77.5 Å². The van der Waals surface area contributed by atoms with Gasteiger partial charge in [0.25, 0.3) is 0 Å². The van der Waals surface area contributed by atoms with Gasteiger partial charge in [0, 0.05) is 33.0 Å². The summed E-state index contributed by atoms with van der Waals surface area (Å²) in [6.45, 7) is 0. The van der Waals surface area contributed by atoms with E-state index in [1.54, 1.807) is 0 Å². The molecule has 0 aliphatic carbocycles. The minimum absolute atomic E-state index is 0.548. The first kappa shape index (κ1) is 29.7. The van der Waals surface area contributed by atoms with Crippen LogP contribution in [0.3, 0.4) is 0 Å². The van der Waals surface area contributed by atoms with E-state index in [4.69, 9.17) is 28.8 Å². The van der Waals surface area contributed by atoms with Crippen LogP contribution >= 0.6 is 0 Å². The Morgan fingerprint density at radius 3 is 1.48 bits per heavy atom. The second-order valence-electron chi connectivity index (χ2n) is 12.7. The molecule has 0 bridgehead atoms. The summed E-state index contributed by atoms with van der Waals surface area (Å²) in [5.41, 5.74) is 11.1. The van der Waals surface area contributed by atoms with Crippen molar-refractivity contribution in [2.45, 2.75) is 0 Å². The van der Waals surface area contributed by atoms with E-state index in [9.17, 15) is 0 Å². The summed E-state index contributed by atoms with van der Waals surface area (Å²) in [6, 6.07) is 57.3. The fraction of sp³-hybridized carbons (Fsp3) is 0. The SMILES string of the molecule is c1ccc(-c2ccc(-c3nc(-c4ccc(-c5ccccc5)cc4)nc(-c4cccc5oc6cc(-c7nc8ccccc8o7)ccc6c45)n3)cc2)cc1. The average Bonchev–Trinajstić information content (AvgIpc) is 3.83. The van der Waals surface area contributed by atoms with Gasteiger partial charge in [0.05, 0.1) is 0 Å². The van der Waals surface area contributed by atoms with Gasteiger partial charge in [-0.3, -0.25) is 0 Å². The van der Waals surface area contributed by atoms with Crippen molar-refractivity contribution in [3.8, 4) is 67.9 Å². The van der Waals surface area contributed by atoms with Gasteiger partial charge in [0.2, 0.25) is 5.89 Å². The number of rotatable bonds is 6. The third-order valence-electron chi connectivity index (χ3n) is 9.41. The van der Waals surface area contributed by atoms with Crippen molar-refractivity contribution in [1.82, 2.24) is 19.9 Å². The molecule has 0 radical (unpaired) electrons. The number of nitrogens with zero attached hydrogens (tertiary/aromatic N) is 4. The Morgan fingerprint density at radius 2 is 0.846 bits per heavy atom. The lowest BCUT2D eigenvalue weighted by Gasteiger charge is -2.10. The van der Waals surface area contributed by atoms with Crippen molar-refractivity contribution in [1.29, 1.82) is 0 Å². The fourth-order valence-electron chi connectivity index (χ4n) is 6.78. The molecule has 0 saturated heterocycles. The highest BCUT2D eigenvalue weighted by Crippen LogP contribution is 2.38. The average molecular weight is 669 g/mol. The second kappa shape index (κ2) is 12.3. The summed E-state index contributed by atoms with van der Waals surface area (Å²) in [5.74, 6) is 2.30. The first-order chi connectivity index (χ1) is 25.7. The molecule has 6 nitrogen and oxygen atoms in total. The van der Waals surface area contributed by atoms with Crippen molar-refractivity contribution < 1.29 is 8.83 Å². The number of aromatic nitrogens is 4. The highest BCUT2D eigenvalue weighted by Gasteiger charge is 2.19. The maximum absolute atomic E-state index is 6.45. The van der Waals surface area contributed by atoms with Crippen LogP contribution in [0.4, 0.5) is 0 Å². The Bertz CT molecular complexity index is 2740. The first-order valence-electron chi connectivity index (χ1n) is 17.1. The van der Waals surface area contributed by atoms with Crippen LogP contribution in [0.2, 0.25) is 0 Å². The maximum Gasteiger partial charge on any atom is 0.227 e. The monoisotopic (exact) mass is 668 g/mol. The molecule has 244 valence electrons. The van der Waals surface area contributed by atoms with Crippen LogP contribution < -0.4 is 0 Å². The van der Waals surface area contributed by atoms with Crippen LogP contribution in [0.1, 0.15) is 0 Å². The van der Waals surface area contributed by atoms with Gasteiger partial charge in [-0.05, 0) is 58.7 Å². The molecule has 0 aliphatic heterocycles. The van der Waals surface area contributed by atoms with Crippen LogP contribution in [-0.4, -0.2) is 19.9 Å². The molecular weight excluding hydrogens is 641 g/mol. The zero-order valence-corrected chi connectivity index (χ0v) is 27.8. The predicted octanol–water partition coefficient (Wildman–Crippen LogP) is 11.9. The number of hydrogen-bond donors (Lipinski definition) is 0. The van der Waals surface area contributed by atoms with Crippen molar-refractivity contribution in [3.63, 3.8) is 0 Å². The van der Waals surface area contributed by atoms with Gasteiger partial charge in [-0.15, -0.1) is 0 Å². The summed E-state index contributed by atoms with van der Waals surface area (Å²) in [5, 5.41) is 1.89. The molecular formula is C46H28N4O2. The topological polar surface area (TPSA) is 77.8 Å². The number of hydrogen-bond acceptors (Lipinski definition) is 6.